The molecule has 3 aromatic carbocycles. The Hall–Kier alpha value is -4.11. The van der Waals surface area contributed by atoms with E-state index in [-0.39, 0.29) is 12.7 Å². The molecular weight excluding hydrogens is 516 g/mol. The second kappa shape index (κ2) is 10.5. The molecule has 212 valence electrons. The molecule has 0 bridgehead atoms. The van der Waals surface area contributed by atoms with Gasteiger partial charge in [0.2, 0.25) is 18.3 Å². The maximum atomic E-state index is 13.5. The number of benzene rings is 3. The summed E-state index contributed by atoms with van der Waals surface area (Å²) >= 11 is 0. The van der Waals surface area contributed by atoms with Crippen molar-refractivity contribution in [3.05, 3.63) is 58.7 Å². The molecule has 0 amide bonds. The van der Waals surface area contributed by atoms with Gasteiger partial charge in [0.25, 0.3) is 0 Å². The maximum Gasteiger partial charge on any atom is 0.338 e. The highest BCUT2D eigenvalue weighted by Crippen LogP contribution is 2.59. The van der Waals surface area contributed by atoms with Crippen LogP contribution in [0.2, 0.25) is 0 Å². The van der Waals surface area contributed by atoms with Crippen LogP contribution in [0, 0.1) is 12.8 Å². The van der Waals surface area contributed by atoms with E-state index in [1.807, 2.05) is 32.0 Å². The van der Waals surface area contributed by atoms with Crippen LogP contribution in [-0.4, -0.2) is 51.9 Å². The molecule has 0 unspecified atom stereocenters. The standard InChI is InChI=1S/C31H34O9/c1-16-8-10-18(11-9-16)30(32)40-29-20-14-21(34-4)25(35-5)28(37-7)24(20)23-19(12-17(2)31(29,3)33)13-22-26(27(23)36-6)39-15-38-22/h8-11,13-14,17,29,33H,12,15H2,1-7H3/t17-,29-,31-/m0/s1. The summed E-state index contributed by atoms with van der Waals surface area (Å²) in [6, 6.07) is 10.7. The lowest BCUT2D eigenvalue weighted by molar-refractivity contribution is -0.107. The second-order valence-corrected chi connectivity index (χ2v) is 10.3. The third-order valence-corrected chi connectivity index (χ3v) is 7.87. The van der Waals surface area contributed by atoms with E-state index in [1.165, 1.54) is 21.3 Å². The molecule has 0 saturated carbocycles. The van der Waals surface area contributed by atoms with Crippen LogP contribution in [0.1, 0.15) is 47.0 Å². The van der Waals surface area contributed by atoms with E-state index in [1.54, 1.807) is 32.2 Å². The van der Waals surface area contributed by atoms with Gasteiger partial charge in [0.1, 0.15) is 5.60 Å². The molecule has 0 fully saturated rings. The summed E-state index contributed by atoms with van der Waals surface area (Å²) in [6.07, 6.45) is -0.714. The number of ether oxygens (including phenoxy) is 7. The van der Waals surface area contributed by atoms with E-state index in [0.717, 1.165) is 11.1 Å². The number of hydrogen-bond acceptors (Lipinski definition) is 9. The highest BCUT2D eigenvalue weighted by molar-refractivity contribution is 5.91. The summed E-state index contributed by atoms with van der Waals surface area (Å²) in [7, 11) is 6.09. The van der Waals surface area contributed by atoms with Crippen LogP contribution in [0.3, 0.4) is 0 Å². The summed E-state index contributed by atoms with van der Waals surface area (Å²) in [5.74, 6) is 1.51. The Balaban J connectivity index is 1.85. The van der Waals surface area contributed by atoms with E-state index >= 15 is 0 Å². The van der Waals surface area contributed by atoms with Crippen LogP contribution in [0.25, 0.3) is 11.1 Å². The number of methoxy groups -OCH3 is 4. The zero-order valence-electron chi connectivity index (χ0n) is 23.7. The molecule has 0 spiro atoms. The summed E-state index contributed by atoms with van der Waals surface area (Å²) in [4.78, 5) is 13.5. The van der Waals surface area contributed by atoms with Crippen LogP contribution < -0.4 is 28.4 Å². The van der Waals surface area contributed by atoms with Crippen molar-refractivity contribution in [3.63, 3.8) is 0 Å². The van der Waals surface area contributed by atoms with E-state index in [9.17, 15) is 9.90 Å². The quantitative estimate of drug-likeness (QED) is 0.412. The van der Waals surface area contributed by atoms with Crippen molar-refractivity contribution in [2.45, 2.75) is 38.9 Å². The average Bonchev–Trinajstić information content (AvgIpc) is 3.42. The van der Waals surface area contributed by atoms with Gasteiger partial charge < -0.3 is 38.3 Å². The molecule has 0 aromatic heterocycles. The lowest BCUT2D eigenvalue weighted by Gasteiger charge is -2.41. The van der Waals surface area contributed by atoms with E-state index < -0.39 is 17.7 Å². The van der Waals surface area contributed by atoms with Crippen molar-refractivity contribution in [2.75, 3.05) is 35.2 Å². The topological polar surface area (TPSA) is 102 Å². The van der Waals surface area contributed by atoms with Crippen molar-refractivity contribution in [1.29, 1.82) is 0 Å². The van der Waals surface area contributed by atoms with Gasteiger partial charge in [0, 0.05) is 16.7 Å². The Morgan fingerprint density at radius 3 is 2.23 bits per heavy atom. The van der Waals surface area contributed by atoms with Crippen LogP contribution in [0.15, 0.2) is 36.4 Å². The molecule has 0 saturated heterocycles. The summed E-state index contributed by atoms with van der Waals surface area (Å²) in [5, 5.41) is 12.1. The van der Waals surface area contributed by atoms with Crippen molar-refractivity contribution in [3.8, 4) is 45.6 Å². The van der Waals surface area contributed by atoms with Crippen molar-refractivity contribution in [1.82, 2.24) is 0 Å². The van der Waals surface area contributed by atoms with Crippen LogP contribution in [-0.2, 0) is 11.2 Å². The van der Waals surface area contributed by atoms with Gasteiger partial charge >= 0.3 is 5.97 Å². The summed E-state index contributed by atoms with van der Waals surface area (Å²) < 4.78 is 41.0. The number of carbonyl (C=O) groups excluding carboxylic acids is 1. The third kappa shape index (κ3) is 4.34. The Bertz CT molecular complexity index is 1440. The Kier molecular flexibility index (Phi) is 7.18. The largest absolute Gasteiger partial charge is 0.493 e. The van der Waals surface area contributed by atoms with Crippen molar-refractivity contribution >= 4 is 5.97 Å². The average molecular weight is 551 g/mol. The van der Waals surface area contributed by atoms with Crippen LogP contribution in [0.4, 0.5) is 0 Å². The summed E-state index contributed by atoms with van der Waals surface area (Å²) in [5.41, 5.74) is 2.36. The zero-order valence-corrected chi connectivity index (χ0v) is 23.7. The van der Waals surface area contributed by atoms with Gasteiger partial charge in [-0.2, -0.15) is 0 Å². The highest BCUT2D eigenvalue weighted by Gasteiger charge is 2.47. The monoisotopic (exact) mass is 550 g/mol. The predicted molar refractivity (Wildman–Crippen MR) is 147 cm³/mol. The van der Waals surface area contributed by atoms with Crippen molar-refractivity contribution in [2.24, 2.45) is 5.92 Å². The molecule has 1 aliphatic heterocycles. The lowest BCUT2D eigenvalue weighted by atomic mass is 9.73. The van der Waals surface area contributed by atoms with Gasteiger partial charge in [-0.3, -0.25) is 0 Å². The smallest absolute Gasteiger partial charge is 0.338 e. The molecule has 1 N–H and O–H groups in total. The minimum absolute atomic E-state index is 0.0502. The van der Waals surface area contributed by atoms with Gasteiger partial charge in [-0.15, -0.1) is 0 Å². The van der Waals surface area contributed by atoms with E-state index in [4.69, 9.17) is 33.2 Å². The lowest BCUT2D eigenvalue weighted by Crippen LogP contribution is -2.43. The minimum atomic E-state index is -1.51. The maximum absolute atomic E-state index is 13.5. The number of hydrogen-bond donors (Lipinski definition) is 1. The molecule has 1 heterocycles. The normalized spacial score (nSPS) is 20.9. The van der Waals surface area contributed by atoms with Gasteiger partial charge in [0.15, 0.2) is 29.1 Å². The third-order valence-electron chi connectivity index (χ3n) is 7.87. The SMILES string of the molecule is COc1cc2c(c(OC)c1OC)-c1c(cc3c(c1OC)OCO3)C[C@H](C)[C@](C)(O)[C@H]2OC(=O)c1ccc(C)cc1. The number of rotatable bonds is 6. The first kappa shape index (κ1) is 27.5. The zero-order chi connectivity index (χ0) is 28.8. The molecule has 9 heteroatoms. The first-order chi connectivity index (χ1) is 19.2. The van der Waals surface area contributed by atoms with Crippen molar-refractivity contribution < 1.29 is 43.1 Å². The first-order valence-corrected chi connectivity index (χ1v) is 13.0. The van der Waals surface area contributed by atoms with Gasteiger partial charge in [0.05, 0.1) is 34.0 Å². The molecule has 3 aromatic rings. The Labute approximate surface area is 233 Å². The van der Waals surface area contributed by atoms with Gasteiger partial charge in [-0.05, 0) is 56.0 Å². The van der Waals surface area contributed by atoms with Gasteiger partial charge in [-0.25, -0.2) is 4.79 Å². The number of carbonyl (C=O) groups is 1. The Morgan fingerprint density at radius 1 is 0.925 bits per heavy atom. The molecule has 2 aliphatic rings. The van der Waals surface area contributed by atoms with Crippen LogP contribution >= 0.6 is 0 Å². The number of fused-ring (bicyclic) bond motifs is 4. The predicted octanol–water partition coefficient (Wildman–Crippen LogP) is 5.27. The highest BCUT2D eigenvalue weighted by atomic mass is 16.7. The van der Waals surface area contributed by atoms with E-state index in [2.05, 4.69) is 0 Å². The number of aliphatic hydroxyl groups is 1. The number of esters is 1. The molecule has 5 rings (SSSR count). The molecular formula is C31H34O9. The summed E-state index contributed by atoms with van der Waals surface area (Å²) in [6.45, 7) is 5.58. The number of aryl methyl sites for hydroxylation is 1. The molecule has 0 radical (unpaired) electrons. The molecule has 3 atom stereocenters. The second-order valence-electron chi connectivity index (χ2n) is 10.3. The Morgan fingerprint density at radius 2 is 1.60 bits per heavy atom. The molecule has 40 heavy (non-hydrogen) atoms. The molecule has 1 aliphatic carbocycles. The fourth-order valence-corrected chi connectivity index (χ4v) is 5.49. The fraction of sp³-hybridized carbons (Fsp3) is 0.387. The molecule has 9 nitrogen and oxygen atoms in total. The van der Waals surface area contributed by atoms with Gasteiger partial charge in [-0.1, -0.05) is 24.6 Å². The van der Waals surface area contributed by atoms with Crippen LogP contribution in [0.5, 0.6) is 34.5 Å². The van der Waals surface area contributed by atoms with E-state index in [0.29, 0.717) is 63.2 Å². The fourth-order valence-electron chi connectivity index (χ4n) is 5.49. The minimum Gasteiger partial charge on any atom is -0.493 e. The first-order valence-electron chi connectivity index (χ1n) is 13.0.